The highest BCUT2D eigenvalue weighted by Crippen LogP contribution is 2.23. The normalized spacial score (nSPS) is 11.2. The molecular formula is C18H29NO6. The van der Waals surface area contributed by atoms with Gasteiger partial charge in [0.2, 0.25) is 0 Å². The summed E-state index contributed by atoms with van der Waals surface area (Å²) in [4.78, 5) is 11.5. The zero-order valence-corrected chi connectivity index (χ0v) is 15.5. The number of nitrogens with two attached hydrogens (primary N) is 1. The molecule has 1 rings (SSSR count). The first-order chi connectivity index (χ1) is 11.8. The number of ether oxygens (including phenoxy) is 5. The Morgan fingerprint density at radius 3 is 2.20 bits per heavy atom. The highest BCUT2D eigenvalue weighted by Gasteiger charge is 2.15. The van der Waals surface area contributed by atoms with Gasteiger partial charge in [-0.3, -0.25) is 4.79 Å². The molecule has 0 unspecified atom stereocenters. The molecule has 1 aromatic carbocycles. The van der Waals surface area contributed by atoms with Gasteiger partial charge in [0.15, 0.2) is 0 Å². The van der Waals surface area contributed by atoms with Crippen molar-refractivity contribution in [3.8, 4) is 11.5 Å². The molecule has 7 nitrogen and oxygen atoms in total. The number of methoxy groups -OCH3 is 1. The quantitative estimate of drug-likeness (QED) is 0.370. The molecule has 0 aliphatic rings. The lowest BCUT2D eigenvalue weighted by Crippen LogP contribution is -2.24. The van der Waals surface area contributed by atoms with Crippen LogP contribution in [0.3, 0.4) is 0 Å². The fraction of sp³-hybridized carbons (Fsp3) is 0.611. The minimum absolute atomic E-state index is 0.234. The number of benzene rings is 1. The molecule has 142 valence electrons. The van der Waals surface area contributed by atoms with E-state index in [9.17, 15) is 4.79 Å². The van der Waals surface area contributed by atoms with Crippen LogP contribution >= 0.6 is 0 Å². The largest absolute Gasteiger partial charge is 0.497 e. The molecule has 2 N–H and O–H groups in total. The molecule has 0 saturated heterocycles. The summed E-state index contributed by atoms with van der Waals surface area (Å²) in [7, 11) is 1.57. The van der Waals surface area contributed by atoms with Crippen LogP contribution in [0.15, 0.2) is 18.2 Å². The van der Waals surface area contributed by atoms with E-state index >= 15 is 0 Å². The number of hydrogen-bond donors (Lipinski definition) is 1. The Morgan fingerprint density at radius 2 is 1.56 bits per heavy atom. The van der Waals surface area contributed by atoms with E-state index in [4.69, 9.17) is 29.4 Å². The van der Waals surface area contributed by atoms with E-state index in [0.29, 0.717) is 50.2 Å². The number of rotatable bonds is 11. The zero-order chi connectivity index (χ0) is 18.7. The zero-order valence-electron chi connectivity index (χ0n) is 15.5. The second kappa shape index (κ2) is 10.8. The summed E-state index contributed by atoms with van der Waals surface area (Å²) in [5.74, 6) is 1.02. The Bertz CT molecular complexity index is 527. The number of carbonyl (C=O) groups excluding carboxylic acids is 1. The third kappa shape index (κ3) is 10.5. The van der Waals surface area contributed by atoms with Gasteiger partial charge < -0.3 is 29.4 Å². The number of hydrogen-bond acceptors (Lipinski definition) is 7. The fourth-order valence-electron chi connectivity index (χ4n) is 1.88. The molecule has 0 saturated carbocycles. The van der Waals surface area contributed by atoms with Crippen LogP contribution in [-0.4, -0.2) is 51.7 Å². The lowest BCUT2D eigenvalue weighted by atomic mass is 10.2. The van der Waals surface area contributed by atoms with Crippen LogP contribution in [-0.2, 0) is 19.0 Å². The van der Waals surface area contributed by atoms with E-state index in [1.165, 1.54) is 0 Å². The Hall–Kier alpha value is -1.99. The van der Waals surface area contributed by atoms with Gasteiger partial charge in [0.05, 0.1) is 40.0 Å². The molecule has 0 bridgehead atoms. The lowest BCUT2D eigenvalue weighted by Gasteiger charge is -2.19. The van der Waals surface area contributed by atoms with Gasteiger partial charge in [-0.1, -0.05) is 0 Å². The summed E-state index contributed by atoms with van der Waals surface area (Å²) in [6.07, 6.45) is 0.234. The summed E-state index contributed by atoms with van der Waals surface area (Å²) in [6, 6.07) is 5.20. The van der Waals surface area contributed by atoms with Gasteiger partial charge in [-0.05, 0) is 20.8 Å². The minimum atomic E-state index is -0.465. The van der Waals surface area contributed by atoms with Crippen LogP contribution in [0.5, 0.6) is 11.5 Å². The maximum Gasteiger partial charge on any atom is 0.308 e. The Morgan fingerprint density at radius 1 is 0.960 bits per heavy atom. The molecule has 0 heterocycles. The molecule has 0 spiro atoms. The number of anilines is 1. The fourth-order valence-corrected chi connectivity index (χ4v) is 1.88. The van der Waals surface area contributed by atoms with E-state index in [2.05, 4.69) is 0 Å². The summed E-state index contributed by atoms with van der Waals surface area (Å²) in [5.41, 5.74) is 5.86. The average Bonchev–Trinajstić information content (AvgIpc) is 2.51. The summed E-state index contributed by atoms with van der Waals surface area (Å²) in [6.45, 7) is 7.48. The predicted molar refractivity (Wildman–Crippen MR) is 95.0 cm³/mol. The molecule has 0 aliphatic carbocycles. The Kier molecular flexibility index (Phi) is 9.08. The topological polar surface area (TPSA) is 89.2 Å². The van der Waals surface area contributed by atoms with Crippen LogP contribution in [0.2, 0.25) is 0 Å². The van der Waals surface area contributed by atoms with Gasteiger partial charge in [-0.25, -0.2) is 0 Å². The van der Waals surface area contributed by atoms with E-state index in [-0.39, 0.29) is 12.4 Å². The second-order valence-electron chi connectivity index (χ2n) is 6.35. The standard InChI is InChI=1S/C18H29NO6/c1-18(2,3)25-17(20)5-6-22-7-8-23-9-10-24-16-12-14(19)11-15(13-16)21-4/h11-13H,5-10,19H2,1-4H3. The molecule has 0 amide bonds. The maximum atomic E-state index is 11.5. The third-order valence-electron chi connectivity index (χ3n) is 2.88. The summed E-state index contributed by atoms with van der Waals surface area (Å²) < 4.78 is 26.6. The van der Waals surface area contributed by atoms with Crippen molar-refractivity contribution in [2.75, 3.05) is 45.9 Å². The van der Waals surface area contributed by atoms with Crippen molar-refractivity contribution in [1.29, 1.82) is 0 Å². The van der Waals surface area contributed by atoms with E-state index in [0.717, 1.165) is 0 Å². The van der Waals surface area contributed by atoms with Gasteiger partial charge in [0.25, 0.3) is 0 Å². The lowest BCUT2D eigenvalue weighted by molar-refractivity contribution is -0.156. The number of carbonyl (C=O) groups is 1. The second-order valence-corrected chi connectivity index (χ2v) is 6.35. The monoisotopic (exact) mass is 355 g/mol. The molecule has 0 radical (unpaired) electrons. The molecule has 0 aliphatic heterocycles. The van der Waals surface area contributed by atoms with Crippen molar-refractivity contribution >= 4 is 11.7 Å². The first-order valence-electron chi connectivity index (χ1n) is 8.25. The van der Waals surface area contributed by atoms with Gasteiger partial charge >= 0.3 is 5.97 Å². The molecule has 0 fully saturated rings. The van der Waals surface area contributed by atoms with Gasteiger partial charge in [0.1, 0.15) is 23.7 Å². The van der Waals surface area contributed by atoms with Crippen molar-refractivity contribution in [3.63, 3.8) is 0 Å². The van der Waals surface area contributed by atoms with Gasteiger partial charge in [-0.2, -0.15) is 0 Å². The van der Waals surface area contributed by atoms with Crippen LogP contribution in [0.1, 0.15) is 27.2 Å². The van der Waals surface area contributed by atoms with E-state index in [1.807, 2.05) is 20.8 Å². The van der Waals surface area contributed by atoms with Crippen LogP contribution in [0.25, 0.3) is 0 Å². The molecule has 7 heteroatoms. The first-order valence-corrected chi connectivity index (χ1v) is 8.25. The van der Waals surface area contributed by atoms with Crippen molar-refractivity contribution in [3.05, 3.63) is 18.2 Å². The predicted octanol–water partition coefficient (Wildman–Crippen LogP) is 2.42. The first kappa shape index (κ1) is 21.1. The molecule has 25 heavy (non-hydrogen) atoms. The van der Waals surface area contributed by atoms with Crippen LogP contribution in [0.4, 0.5) is 5.69 Å². The molecule has 1 aromatic rings. The van der Waals surface area contributed by atoms with Gasteiger partial charge in [0, 0.05) is 23.9 Å². The van der Waals surface area contributed by atoms with Crippen LogP contribution in [0, 0.1) is 0 Å². The molecule has 0 aromatic heterocycles. The highest BCUT2D eigenvalue weighted by atomic mass is 16.6. The van der Waals surface area contributed by atoms with E-state index in [1.54, 1.807) is 25.3 Å². The van der Waals surface area contributed by atoms with Crippen molar-refractivity contribution in [2.24, 2.45) is 0 Å². The minimum Gasteiger partial charge on any atom is -0.497 e. The third-order valence-corrected chi connectivity index (χ3v) is 2.88. The van der Waals surface area contributed by atoms with Crippen LogP contribution < -0.4 is 15.2 Å². The van der Waals surface area contributed by atoms with Crippen molar-refractivity contribution in [2.45, 2.75) is 32.8 Å². The molecule has 0 atom stereocenters. The van der Waals surface area contributed by atoms with E-state index < -0.39 is 5.60 Å². The average molecular weight is 355 g/mol. The maximum absolute atomic E-state index is 11.5. The number of nitrogen functional groups attached to an aromatic ring is 1. The van der Waals surface area contributed by atoms with Crippen molar-refractivity contribution in [1.82, 2.24) is 0 Å². The Balaban J connectivity index is 2.02. The van der Waals surface area contributed by atoms with Gasteiger partial charge in [-0.15, -0.1) is 0 Å². The number of esters is 1. The SMILES string of the molecule is COc1cc(N)cc(OCCOCCOCCC(=O)OC(C)(C)C)c1. The summed E-state index contributed by atoms with van der Waals surface area (Å²) in [5, 5.41) is 0. The summed E-state index contributed by atoms with van der Waals surface area (Å²) >= 11 is 0. The Labute approximate surface area is 149 Å². The smallest absolute Gasteiger partial charge is 0.308 e. The molecular weight excluding hydrogens is 326 g/mol. The highest BCUT2D eigenvalue weighted by molar-refractivity contribution is 5.69. The van der Waals surface area contributed by atoms with Crippen molar-refractivity contribution < 1.29 is 28.5 Å².